The van der Waals surface area contributed by atoms with Crippen molar-refractivity contribution in [3.05, 3.63) is 29.3 Å². The van der Waals surface area contributed by atoms with Gasteiger partial charge in [-0.05, 0) is 36.8 Å². The van der Waals surface area contributed by atoms with Gasteiger partial charge in [-0.25, -0.2) is 0 Å². The van der Waals surface area contributed by atoms with Gasteiger partial charge >= 0.3 is 6.18 Å². The van der Waals surface area contributed by atoms with E-state index in [4.69, 9.17) is 5.26 Å². The van der Waals surface area contributed by atoms with Crippen molar-refractivity contribution in [1.29, 1.82) is 5.26 Å². The molecule has 1 aliphatic rings. The summed E-state index contributed by atoms with van der Waals surface area (Å²) in [6.07, 6.45) is -0.883. The minimum absolute atomic E-state index is 0.0423. The number of anilines is 1. The summed E-state index contributed by atoms with van der Waals surface area (Å²) in [6.45, 7) is 0.685. The molecule has 0 spiro atoms. The maximum absolute atomic E-state index is 12.6. The highest BCUT2D eigenvalue weighted by Crippen LogP contribution is 2.32. The predicted octanol–water partition coefficient (Wildman–Crippen LogP) is 4.27. The van der Waals surface area contributed by atoms with Crippen LogP contribution in [0.2, 0.25) is 0 Å². The molecular weight excluding hydrogens is 285 g/mol. The Morgan fingerprint density at radius 2 is 2.15 bits per heavy atom. The van der Waals surface area contributed by atoms with Gasteiger partial charge in [-0.2, -0.15) is 30.2 Å². The maximum atomic E-state index is 12.6. The number of benzene rings is 1. The highest BCUT2D eigenvalue weighted by Gasteiger charge is 2.31. The molecule has 1 aromatic carbocycles. The molecule has 1 N–H and O–H groups in total. The van der Waals surface area contributed by atoms with Crippen LogP contribution in [0.3, 0.4) is 0 Å². The van der Waals surface area contributed by atoms with Crippen molar-refractivity contribution in [2.45, 2.75) is 30.7 Å². The average molecular weight is 300 g/mol. The van der Waals surface area contributed by atoms with Gasteiger partial charge in [0.25, 0.3) is 0 Å². The normalized spacial score (nSPS) is 19.4. The third-order valence-electron chi connectivity index (χ3n) is 3.26. The molecule has 0 amide bonds. The van der Waals surface area contributed by atoms with Gasteiger partial charge in [-0.3, -0.25) is 0 Å². The zero-order valence-electron chi connectivity index (χ0n) is 10.8. The lowest BCUT2D eigenvalue weighted by molar-refractivity contribution is -0.137. The van der Waals surface area contributed by atoms with Crippen LogP contribution in [0.15, 0.2) is 18.2 Å². The van der Waals surface area contributed by atoms with Crippen LogP contribution >= 0.6 is 11.8 Å². The van der Waals surface area contributed by atoms with Gasteiger partial charge in [0.1, 0.15) is 6.07 Å². The van der Waals surface area contributed by atoms with Gasteiger partial charge in [-0.1, -0.05) is 6.42 Å². The SMILES string of the molecule is N#Cc1cc(C(F)(F)F)ccc1NCC1CCCCS1. The highest BCUT2D eigenvalue weighted by atomic mass is 32.2. The molecular formula is C14H15F3N2S. The third kappa shape index (κ3) is 3.83. The number of rotatable bonds is 3. The Kier molecular flexibility index (Phi) is 4.81. The van der Waals surface area contributed by atoms with E-state index < -0.39 is 11.7 Å². The summed E-state index contributed by atoms with van der Waals surface area (Å²) < 4.78 is 37.7. The zero-order valence-corrected chi connectivity index (χ0v) is 11.7. The molecule has 0 radical (unpaired) electrons. The lowest BCUT2D eigenvalue weighted by Crippen LogP contribution is -2.20. The van der Waals surface area contributed by atoms with Gasteiger partial charge in [-0.15, -0.1) is 0 Å². The molecule has 1 aliphatic heterocycles. The predicted molar refractivity (Wildman–Crippen MR) is 74.7 cm³/mol. The standard InChI is InChI=1S/C14H15F3N2S/c15-14(16,17)11-4-5-13(10(7-11)8-18)19-9-12-3-1-2-6-20-12/h4-5,7,12,19H,1-3,6,9H2. The Bertz CT molecular complexity index is 502. The molecule has 0 saturated carbocycles. The largest absolute Gasteiger partial charge is 0.416 e. The van der Waals surface area contributed by atoms with E-state index in [-0.39, 0.29) is 5.56 Å². The summed E-state index contributed by atoms with van der Waals surface area (Å²) in [5, 5.41) is 12.6. The average Bonchev–Trinajstić information content (AvgIpc) is 2.45. The van der Waals surface area contributed by atoms with Crippen molar-refractivity contribution in [2.75, 3.05) is 17.6 Å². The van der Waals surface area contributed by atoms with E-state index in [1.807, 2.05) is 17.8 Å². The third-order valence-corrected chi connectivity index (χ3v) is 4.66. The zero-order chi connectivity index (χ0) is 14.6. The van der Waals surface area contributed by atoms with Gasteiger partial charge in [0.2, 0.25) is 0 Å². The first-order valence-corrected chi connectivity index (χ1v) is 7.52. The van der Waals surface area contributed by atoms with Crippen molar-refractivity contribution in [1.82, 2.24) is 0 Å². The fourth-order valence-corrected chi connectivity index (χ4v) is 3.40. The minimum Gasteiger partial charge on any atom is -0.383 e. The summed E-state index contributed by atoms with van der Waals surface area (Å²) in [4.78, 5) is 0. The quantitative estimate of drug-likeness (QED) is 0.905. The number of thioether (sulfide) groups is 1. The second-order valence-electron chi connectivity index (χ2n) is 4.74. The summed E-state index contributed by atoms with van der Waals surface area (Å²) in [7, 11) is 0. The first-order chi connectivity index (χ1) is 9.50. The van der Waals surface area contributed by atoms with Gasteiger partial charge in [0, 0.05) is 11.8 Å². The second-order valence-corrected chi connectivity index (χ2v) is 6.15. The van der Waals surface area contributed by atoms with E-state index in [1.165, 1.54) is 18.9 Å². The summed E-state index contributed by atoms with van der Waals surface area (Å²) in [5.41, 5.74) is -0.265. The second kappa shape index (κ2) is 6.40. The van der Waals surface area contributed by atoms with E-state index in [0.717, 1.165) is 24.3 Å². The van der Waals surface area contributed by atoms with Gasteiger partial charge in [0.15, 0.2) is 0 Å². The number of halogens is 3. The molecule has 1 saturated heterocycles. The smallest absolute Gasteiger partial charge is 0.383 e. The molecule has 1 heterocycles. The van der Waals surface area contributed by atoms with Crippen LogP contribution in [0.5, 0.6) is 0 Å². The van der Waals surface area contributed by atoms with E-state index in [9.17, 15) is 13.2 Å². The van der Waals surface area contributed by atoms with Crippen LogP contribution in [0, 0.1) is 11.3 Å². The van der Waals surface area contributed by atoms with Crippen molar-refractivity contribution in [2.24, 2.45) is 0 Å². The van der Waals surface area contributed by atoms with Crippen molar-refractivity contribution in [3.63, 3.8) is 0 Å². The number of hydrogen-bond donors (Lipinski definition) is 1. The molecule has 1 fully saturated rings. The fraction of sp³-hybridized carbons (Fsp3) is 0.500. The van der Waals surface area contributed by atoms with E-state index in [2.05, 4.69) is 5.32 Å². The van der Waals surface area contributed by atoms with Gasteiger partial charge in [0.05, 0.1) is 16.8 Å². The highest BCUT2D eigenvalue weighted by molar-refractivity contribution is 7.99. The number of nitriles is 1. The first-order valence-electron chi connectivity index (χ1n) is 6.47. The van der Waals surface area contributed by atoms with Crippen LogP contribution < -0.4 is 5.32 Å². The molecule has 1 atom stereocenters. The van der Waals surface area contributed by atoms with Crippen LogP contribution in [-0.4, -0.2) is 17.5 Å². The Balaban J connectivity index is 2.06. The molecule has 108 valence electrons. The van der Waals surface area contributed by atoms with E-state index >= 15 is 0 Å². The number of hydrogen-bond acceptors (Lipinski definition) is 3. The van der Waals surface area contributed by atoms with E-state index in [0.29, 0.717) is 17.5 Å². The molecule has 1 aromatic rings. The van der Waals surface area contributed by atoms with Crippen molar-refractivity contribution in [3.8, 4) is 6.07 Å². The molecule has 0 aromatic heterocycles. The Morgan fingerprint density at radius 3 is 2.75 bits per heavy atom. The maximum Gasteiger partial charge on any atom is 0.416 e. The first kappa shape index (κ1) is 15.0. The van der Waals surface area contributed by atoms with Crippen LogP contribution in [0.1, 0.15) is 30.4 Å². The lowest BCUT2D eigenvalue weighted by atomic mass is 10.1. The molecule has 6 heteroatoms. The summed E-state index contributed by atoms with van der Waals surface area (Å²) >= 11 is 1.88. The minimum atomic E-state index is -4.41. The van der Waals surface area contributed by atoms with Gasteiger partial charge < -0.3 is 5.32 Å². The molecule has 2 nitrogen and oxygen atoms in total. The van der Waals surface area contributed by atoms with Crippen molar-refractivity contribution < 1.29 is 13.2 Å². The van der Waals surface area contributed by atoms with Crippen molar-refractivity contribution >= 4 is 17.4 Å². The molecule has 2 rings (SSSR count). The van der Waals surface area contributed by atoms with E-state index in [1.54, 1.807) is 0 Å². The van der Waals surface area contributed by atoms with Crippen LogP contribution in [-0.2, 0) is 6.18 Å². The summed E-state index contributed by atoms with van der Waals surface area (Å²) in [6, 6.07) is 5.08. The molecule has 0 bridgehead atoms. The number of alkyl halides is 3. The van der Waals surface area contributed by atoms with Crippen LogP contribution in [0.25, 0.3) is 0 Å². The topological polar surface area (TPSA) is 35.8 Å². The summed E-state index contributed by atoms with van der Waals surface area (Å²) in [5.74, 6) is 1.13. The number of nitrogens with zero attached hydrogens (tertiary/aromatic N) is 1. The molecule has 20 heavy (non-hydrogen) atoms. The Hall–Kier alpha value is -1.35. The molecule has 0 aliphatic carbocycles. The Morgan fingerprint density at radius 1 is 1.35 bits per heavy atom. The molecule has 1 unspecified atom stereocenters. The monoisotopic (exact) mass is 300 g/mol. The lowest BCUT2D eigenvalue weighted by Gasteiger charge is -2.22. The van der Waals surface area contributed by atoms with Crippen LogP contribution in [0.4, 0.5) is 18.9 Å². The fourth-order valence-electron chi connectivity index (χ4n) is 2.16. The Labute approximate surface area is 120 Å². The number of nitrogens with one attached hydrogen (secondary N) is 1.